The minimum atomic E-state index is -4.54. The van der Waals surface area contributed by atoms with E-state index in [-0.39, 0.29) is 32.1 Å². The molecule has 0 aliphatic carbocycles. The van der Waals surface area contributed by atoms with Gasteiger partial charge >= 0.3 is 6.18 Å². The van der Waals surface area contributed by atoms with Gasteiger partial charge in [0.15, 0.2) is 5.82 Å². The summed E-state index contributed by atoms with van der Waals surface area (Å²) in [4.78, 5) is 0. The van der Waals surface area contributed by atoms with E-state index in [2.05, 4.69) is 10.2 Å². The number of benzene rings is 1. The highest BCUT2D eigenvalue weighted by atomic mass is 35.5. The normalized spacial score (nSPS) is 11.9. The molecule has 0 aliphatic rings. The van der Waals surface area contributed by atoms with Gasteiger partial charge in [-0.2, -0.15) is 18.3 Å². The van der Waals surface area contributed by atoms with Crippen molar-refractivity contribution in [1.29, 1.82) is 0 Å². The van der Waals surface area contributed by atoms with Gasteiger partial charge < -0.3 is 5.73 Å². The lowest BCUT2D eigenvalue weighted by Crippen LogP contribution is -2.05. The first-order valence-electron chi connectivity index (χ1n) is 4.77. The number of nitrogen functional groups attached to an aromatic ring is 1. The predicted molar refractivity (Wildman–Crippen MR) is 68.5 cm³/mol. The van der Waals surface area contributed by atoms with Crippen molar-refractivity contribution in [3.63, 3.8) is 0 Å². The number of alkyl halides is 3. The van der Waals surface area contributed by atoms with Gasteiger partial charge in [-0.3, -0.25) is 5.10 Å². The Morgan fingerprint density at radius 1 is 1.11 bits per heavy atom. The van der Waals surface area contributed by atoms with Crippen LogP contribution < -0.4 is 5.73 Å². The molecule has 0 aliphatic heterocycles. The number of halogens is 6. The van der Waals surface area contributed by atoms with E-state index in [9.17, 15) is 13.2 Å². The second-order valence-corrected chi connectivity index (χ2v) is 4.80. The second-order valence-electron chi connectivity index (χ2n) is 3.61. The molecule has 9 heteroatoms. The van der Waals surface area contributed by atoms with Crippen molar-refractivity contribution < 1.29 is 13.2 Å². The molecule has 0 saturated heterocycles. The van der Waals surface area contributed by atoms with Gasteiger partial charge in [-0.1, -0.05) is 34.8 Å². The maximum absolute atomic E-state index is 12.6. The van der Waals surface area contributed by atoms with Crippen LogP contribution >= 0.6 is 34.8 Å². The Morgan fingerprint density at radius 3 is 2.00 bits per heavy atom. The van der Waals surface area contributed by atoms with E-state index in [1.54, 1.807) is 0 Å². The number of hydrogen-bond donors (Lipinski definition) is 2. The summed E-state index contributed by atoms with van der Waals surface area (Å²) in [6.07, 6.45) is -4.54. The summed E-state index contributed by atoms with van der Waals surface area (Å²) in [6, 6.07) is 1.52. The molecule has 0 amide bonds. The number of anilines is 1. The average molecular weight is 331 g/mol. The van der Waals surface area contributed by atoms with Crippen LogP contribution in [0.25, 0.3) is 11.3 Å². The van der Waals surface area contributed by atoms with Gasteiger partial charge in [-0.15, -0.1) is 0 Å². The Morgan fingerprint density at radius 2 is 1.63 bits per heavy atom. The van der Waals surface area contributed by atoms with E-state index in [0.29, 0.717) is 0 Å². The van der Waals surface area contributed by atoms with Gasteiger partial charge in [0, 0.05) is 5.56 Å². The molecule has 3 nitrogen and oxygen atoms in total. The lowest BCUT2D eigenvalue weighted by atomic mass is 10.1. The van der Waals surface area contributed by atoms with Gasteiger partial charge in [0.2, 0.25) is 0 Å². The van der Waals surface area contributed by atoms with Gasteiger partial charge in [0.05, 0.1) is 21.3 Å². The molecular weight excluding hydrogens is 325 g/mol. The number of aromatic nitrogens is 2. The summed E-state index contributed by atoms with van der Waals surface area (Å²) in [6.45, 7) is 0. The number of H-pyrrole nitrogens is 1. The topological polar surface area (TPSA) is 54.7 Å². The van der Waals surface area contributed by atoms with Gasteiger partial charge in [0.25, 0.3) is 0 Å². The monoisotopic (exact) mass is 329 g/mol. The van der Waals surface area contributed by atoms with E-state index in [1.807, 2.05) is 0 Å². The third-order valence-electron chi connectivity index (χ3n) is 2.35. The molecule has 3 N–H and O–H groups in total. The van der Waals surface area contributed by atoms with E-state index in [1.165, 1.54) is 0 Å². The van der Waals surface area contributed by atoms with E-state index in [4.69, 9.17) is 40.5 Å². The maximum atomic E-state index is 12.6. The Hall–Kier alpha value is -1.11. The Balaban J connectivity index is 2.64. The number of nitrogens with one attached hydrogen (secondary N) is 1. The lowest BCUT2D eigenvalue weighted by Gasteiger charge is -2.11. The largest absolute Gasteiger partial charge is 0.416 e. The maximum Gasteiger partial charge on any atom is 0.416 e. The molecule has 19 heavy (non-hydrogen) atoms. The average Bonchev–Trinajstić information content (AvgIpc) is 2.59. The van der Waals surface area contributed by atoms with Crippen molar-refractivity contribution in [1.82, 2.24) is 10.2 Å². The first-order chi connectivity index (χ1) is 8.71. The van der Waals surface area contributed by atoms with Crippen molar-refractivity contribution in [2.75, 3.05) is 5.73 Å². The van der Waals surface area contributed by atoms with Crippen molar-refractivity contribution in [2.24, 2.45) is 0 Å². The van der Waals surface area contributed by atoms with Crippen LogP contribution in [0.4, 0.5) is 19.0 Å². The van der Waals surface area contributed by atoms with Crippen molar-refractivity contribution in [2.45, 2.75) is 6.18 Å². The van der Waals surface area contributed by atoms with Gasteiger partial charge in [0.1, 0.15) is 5.02 Å². The fraction of sp³-hybridized carbons (Fsp3) is 0.100. The predicted octanol–water partition coefficient (Wildman–Crippen LogP) is 4.64. The summed E-state index contributed by atoms with van der Waals surface area (Å²) in [5.74, 6) is 0.00342. The SMILES string of the molecule is Nc1n[nH]c(-c2c(Cl)cc(C(F)(F)F)cc2Cl)c1Cl. The van der Waals surface area contributed by atoms with Crippen LogP contribution in [0.3, 0.4) is 0 Å². The highest BCUT2D eigenvalue weighted by molar-refractivity contribution is 6.41. The highest BCUT2D eigenvalue weighted by Gasteiger charge is 2.32. The van der Waals surface area contributed by atoms with Crippen molar-refractivity contribution in [3.8, 4) is 11.3 Å². The molecule has 0 saturated carbocycles. The molecule has 0 spiro atoms. The molecule has 2 aromatic rings. The zero-order valence-electron chi connectivity index (χ0n) is 8.95. The van der Waals surface area contributed by atoms with E-state index in [0.717, 1.165) is 12.1 Å². The fourth-order valence-electron chi connectivity index (χ4n) is 1.48. The number of nitrogens with two attached hydrogens (primary N) is 1. The van der Waals surface area contributed by atoms with Crippen LogP contribution in [-0.2, 0) is 6.18 Å². The summed E-state index contributed by atoms with van der Waals surface area (Å²) < 4.78 is 37.7. The van der Waals surface area contributed by atoms with Crippen LogP contribution in [0.2, 0.25) is 15.1 Å². The van der Waals surface area contributed by atoms with Crippen molar-refractivity contribution in [3.05, 3.63) is 32.8 Å². The zero-order valence-corrected chi connectivity index (χ0v) is 11.2. The molecule has 102 valence electrons. The van der Waals surface area contributed by atoms with E-state index >= 15 is 0 Å². The lowest BCUT2D eigenvalue weighted by molar-refractivity contribution is -0.137. The van der Waals surface area contributed by atoms with Gasteiger partial charge in [-0.05, 0) is 12.1 Å². The molecule has 0 atom stereocenters. The number of rotatable bonds is 1. The smallest absolute Gasteiger partial charge is 0.381 e. The van der Waals surface area contributed by atoms with Gasteiger partial charge in [-0.25, -0.2) is 0 Å². The number of nitrogens with zero attached hydrogens (tertiary/aromatic N) is 1. The second kappa shape index (κ2) is 4.77. The van der Waals surface area contributed by atoms with Crippen LogP contribution in [0.5, 0.6) is 0 Å². The number of aromatic amines is 1. The fourth-order valence-corrected chi connectivity index (χ4v) is 2.34. The standard InChI is InChI=1S/C10H5Cl3F3N3/c11-4-1-3(10(14,15)16)2-5(12)6(4)8-7(13)9(17)19-18-8/h1-2H,(H3,17,18,19). The van der Waals surface area contributed by atoms with Crippen molar-refractivity contribution >= 4 is 40.6 Å². The minimum absolute atomic E-state index is 0.00342. The Bertz CT molecular complexity index is 614. The number of hydrogen-bond acceptors (Lipinski definition) is 2. The van der Waals surface area contributed by atoms with E-state index < -0.39 is 11.7 Å². The molecule has 2 rings (SSSR count). The molecule has 0 bridgehead atoms. The molecule has 0 radical (unpaired) electrons. The van der Waals surface area contributed by atoms with Crippen LogP contribution in [0, 0.1) is 0 Å². The molecule has 0 unspecified atom stereocenters. The summed E-state index contributed by atoms with van der Waals surface area (Å²) >= 11 is 17.5. The quantitative estimate of drug-likeness (QED) is 0.800. The summed E-state index contributed by atoms with van der Waals surface area (Å²) in [5.41, 5.74) is 4.77. The minimum Gasteiger partial charge on any atom is -0.381 e. The Kier molecular flexibility index (Phi) is 3.59. The molecule has 1 aromatic heterocycles. The van der Waals surface area contributed by atoms with Crippen LogP contribution in [0.15, 0.2) is 12.1 Å². The Labute approximate surface area is 120 Å². The first kappa shape index (κ1) is 14.3. The molecule has 1 heterocycles. The highest BCUT2D eigenvalue weighted by Crippen LogP contribution is 2.42. The van der Waals surface area contributed by atoms with Crippen LogP contribution in [-0.4, -0.2) is 10.2 Å². The molecular formula is C10H5Cl3F3N3. The third kappa shape index (κ3) is 2.61. The molecule has 0 fully saturated rings. The summed E-state index contributed by atoms with van der Waals surface area (Å²) in [5, 5.41) is 5.74. The summed E-state index contributed by atoms with van der Waals surface area (Å²) in [7, 11) is 0. The third-order valence-corrected chi connectivity index (χ3v) is 3.33. The molecule has 1 aromatic carbocycles. The zero-order chi connectivity index (χ0) is 14.4. The van der Waals surface area contributed by atoms with Crippen LogP contribution in [0.1, 0.15) is 5.56 Å². The first-order valence-corrected chi connectivity index (χ1v) is 5.91.